The maximum absolute atomic E-state index is 13.4. The zero-order valence-corrected chi connectivity index (χ0v) is 11.5. The lowest BCUT2D eigenvalue weighted by Crippen LogP contribution is -2.16. The first-order valence-electron chi connectivity index (χ1n) is 6.34. The molecule has 0 radical (unpaired) electrons. The Morgan fingerprint density at radius 2 is 1.89 bits per heavy atom. The molecule has 0 saturated heterocycles. The molecule has 0 fully saturated rings. The van der Waals surface area contributed by atoms with Gasteiger partial charge in [-0.3, -0.25) is 0 Å². The van der Waals surface area contributed by atoms with Crippen LogP contribution < -0.4 is 10.6 Å². The normalized spacial score (nSPS) is 12.3. The van der Waals surface area contributed by atoms with E-state index >= 15 is 0 Å². The standard InChI is InChI=1S/C16H19FN2/c1-11-5-4-6-14(9-11)19(3)16-8-7-13(17)10-15(16)12(2)18/h4-10,12H,18H2,1-3H3/t12-/m1/s1. The molecule has 0 bridgehead atoms. The van der Waals surface area contributed by atoms with Gasteiger partial charge in [-0.15, -0.1) is 0 Å². The molecule has 0 amide bonds. The van der Waals surface area contributed by atoms with Crippen molar-refractivity contribution in [3.8, 4) is 0 Å². The summed E-state index contributed by atoms with van der Waals surface area (Å²) in [6.45, 7) is 3.91. The molecule has 2 rings (SSSR count). The molecule has 19 heavy (non-hydrogen) atoms. The van der Waals surface area contributed by atoms with Gasteiger partial charge in [0.1, 0.15) is 5.82 Å². The Kier molecular flexibility index (Phi) is 3.86. The zero-order chi connectivity index (χ0) is 14.0. The number of hydrogen-bond donors (Lipinski definition) is 1. The number of nitrogens with zero attached hydrogens (tertiary/aromatic N) is 1. The van der Waals surface area contributed by atoms with Crippen molar-refractivity contribution in [2.75, 3.05) is 11.9 Å². The van der Waals surface area contributed by atoms with E-state index in [4.69, 9.17) is 5.73 Å². The van der Waals surface area contributed by atoms with Gasteiger partial charge in [0.2, 0.25) is 0 Å². The van der Waals surface area contributed by atoms with Gasteiger partial charge in [-0.2, -0.15) is 0 Å². The highest BCUT2D eigenvalue weighted by molar-refractivity contribution is 5.66. The van der Waals surface area contributed by atoms with Crippen molar-refractivity contribution in [3.05, 3.63) is 59.4 Å². The van der Waals surface area contributed by atoms with Crippen LogP contribution >= 0.6 is 0 Å². The van der Waals surface area contributed by atoms with E-state index in [1.807, 2.05) is 31.0 Å². The molecule has 0 aliphatic carbocycles. The average molecular weight is 258 g/mol. The lowest BCUT2D eigenvalue weighted by atomic mass is 10.0. The molecule has 2 aromatic carbocycles. The minimum Gasteiger partial charge on any atom is -0.344 e. The molecular weight excluding hydrogens is 239 g/mol. The first-order valence-corrected chi connectivity index (χ1v) is 6.34. The molecular formula is C16H19FN2. The maximum Gasteiger partial charge on any atom is 0.123 e. The van der Waals surface area contributed by atoms with Crippen molar-refractivity contribution in [2.45, 2.75) is 19.9 Å². The van der Waals surface area contributed by atoms with Crippen LogP contribution in [0.5, 0.6) is 0 Å². The first-order chi connectivity index (χ1) is 8.99. The van der Waals surface area contributed by atoms with E-state index in [1.54, 1.807) is 6.07 Å². The minimum absolute atomic E-state index is 0.210. The number of nitrogens with two attached hydrogens (primary N) is 1. The number of rotatable bonds is 3. The molecule has 1 atom stereocenters. The summed E-state index contributed by atoms with van der Waals surface area (Å²) in [6, 6.07) is 12.7. The van der Waals surface area contributed by atoms with Crippen molar-refractivity contribution in [1.29, 1.82) is 0 Å². The summed E-state index contributed by atoms with van der Waals surface area (Å²) < 4.78 is 13.4. The molecule has 2 N–H and O–H groups in total. The van der Waals surface area contributed by atoms with E-state index in [9.17, 15) is 4.39 Å². The fraction of sp³-hybridized carbons (Fsp3) is 0.250. The van der Waals surface area contributed by atoms with Crippen molar-refractivity contribution in [2.24, 2.45) is 5.73 Å². The molecule has 0 aromatic heterocycles. The van der Waals surface area contributed by atoms with E-state index < -0.39 is 0 Å². The summed E-state index contributed by atoms with van der Waals surface area (Å²) in [5, 5.41) is 0. The number of halogens is 1. The molecule has 2 nitrogen and oxygen atoms in total. The second kappa shape index (κ2) is 5.41. The van der Waals surface area contributed by atoms with Crippen molar-refractivity contribution < 1.29 is 4.39 Å². The number of hydrogen-bond acceptors (Lipinski definition) is 2. The van der Waals surface area contributed by atoms with Crippen LogP contribution in [0.25, 0.3) is 0 Å². The molecule has 0 aliphatic heterocycles. The van der Waals surface area contributed by atoms with E-state index in [-0.39, 0.29) is 11.9 Å². The number of aryl methyl sites for hydroxylation is 1. The van der Waals surface area contributed by atoms with Gasteiger partial charge in [-0.25, -0.2) is 4.39 Å². The van der Waals surface area contributed by atoms with E-state index in [2.05, 4.69) is 19.1 Å². The summed E-state index contributed by atoms with van der Waals surface area (Å²) in [4.78, 5) is 2.03. The van der Waals surface area contributed by atoms with Crippen molar-refractivity contribution in [1.82, 2.24) is 0 Å². The molecule has 3 heteroatoms. The summed E-state index contributed by atoms with van der Waals surface area (Å²) in [6.07, 6.45) is 0. The van der Waals surface area contributed by atoms with Crippen LogP contribution in [0.4, 0.5) is 15.8 Å². The summed E-state index contributed by atoms with van der Waals surface area (Å²) in [5.74, 6) is -0.256. The Balaban J connectivity index is 2.46. The molecule has 0 unspecified atom stereocenters. The average Bonchev–Trinajstić information content (AvgIpc) is 2.37. The van der Waals surface area contributed by atoms with Gasteiger partial charge in [0.25, 0.3) is 0 Å². The van der Waals surface area contributed by atoms with Crippen molar-refractivity contribution >= 4 is 11.4 Å². The molecule has 2 aromatic rings. The lowest BCUT2D eigenvalue weighted by molar-refractivity contribution is 0.622. The van der Waals surface area contributed by atoms with Gasteiger partial charge in [0.05, 0.1) is 0 Å². The predicted molar refractivity (Wildman–Crippen MR) is 78.2 cm³/mol. The van der Waals surface area contributed by atoms with Crippen molar-refractivity contribution in [3.63, 3.8) is 0 Å². The van der Waals surface area contributed by atoms with Gasteiger partial charge in [0, 0.05) is 24.5 Å². The van der Waals surface area contributed by atoms with Crippen LogP contribution in [0.1, 0.15) is 24.1 Å². The highest BCUT2D eigenvalue weighted by Crippen LogP contribution is 2.30. The van der Waals surface area contributed by atoms with Crippen LogP contribution in [0, 0.1) is 12.7 Å². The quantitative estimate of drug-likeness (QED) is 0.904. The third-order valence-corrected chi connectivity index (χ3v) is 3.23. The summed E-state index contributed by atoms with van der Waals surface area (Å²) in [5.41, 5.74) is 9.93. The Morgan fingerprint density at radius 3 is 2.53 bits per heavy atom. The monoisotopic (exact) mass is 258 g/mol. The Hall–Kier alpha value is -1.87. The topological polar surface area (TPSA) is 29.3 Å². The fourth-order valence-electron chi connectivity index (χ4n) is 2.17. The Bertz CT molecular complexity index is 579. The van der Waals surface area contributed by atoms with Gasteiger partial charge >= 0.3 is 0 Å². The fourth-order valence-corrected chi connectivity index (χ4v) is 2.17. The maximum atomic E-state index is 13.4. The van der Waals surface area contributed by atoms with Gasteiger partial charge in [0.15, 0.2) is 0 Å². The SMILES string of the molecule is Cc1cccc(N(C)c2ccc(F)cc2[C@@H](C)N)c1. The number of benzene rings is 2. The Labute approximate surface area is 113 Å². The van der Waals surface area contributed by atoms with Gasteiger partial charge in [-0.1, -0.05) is 12.1 Å². The van der Waals surface area contributed by atoms with E-state index in [1.165, 1.54) is 17.7 Å². The molecule has 100 valence electrons. The zero-order valence-electron chi connectivity index (χ0n) is 11.5. The molecule has 0 saturated carbocycles. The molecule has 0 spiro atoms. The summed E-state index contributed by atoms with van der Waals surface area (Å²) in [7, 11) is 1.97. The first kappa shape index (κ1) is 13.6. The van der Waals surface area contributed by atoms with Crippen LogP contribution in [-0.4, -0.2) is 7.05 Å². The van der Waals surface area contributed by atoms with Crippen LogP contribution in [0.3, 0.4) is 0 Å². The third kappa shape index (κ3) is 2.93. The lowest BCUT2D eigenvalue weighted by Gasteiger charge is -2.24. The third-order valence-electron chi connectivity index (χ3n) is 3.23. The second-order valence-electron chi connectivity index (χ2n) is 4.89. The highest BCUT2D eigenvalue weighted by atomic mass is 19.1. The van der Waals surface area contributed by atoms with E-state index in [0.717, 1.165) is 16.9 Å². The van der Waals surface area contributed by atoms with Crippen LogP contribution in [-0.2, 0) is 0 Å². The van der Waals surface area contributed by atoms with Crippen LogP contribution in [0.15, 0.2) is 42.5 Å². The van der Waals surface area contributed by atoms with Crippen LogP contribution in [0.2, 0.25) is 0 Å². The largest absolute Gasteiger partial charge is 0.344 e. The Morgan fingerprint density at radius 1 is 1.16 bits per heavy atom. The van der Waals surface area contributed by atoms with Gasteiger partial charge < -0.3 is 10.6 Å². The predicted octanol–water partition coefficient (Wildman–Crippen LogP) is 3.92. The minimum atomic E-state index is -0.256. The number of anilines is 2. The smallest absolute Gasteiger partial charge is 0.123 e. The summed E-state index contributed by atoms with van der Waals surface area (Å²) >= 11 is 0. The highest BCUT2D eigenvalue weighted by Gasteiger charge is 2.13. The molecule has 0 aliphatic rings. The van der Waals surface area contributed by atoms with E-state index in [0.29, 0.717) is 0 Å². The second-order valence-corrected chi connectivity index (χ2v) is 4.89. The van der Waals surface area contributed by atoms with Gasteiger partial charge in [-0.05, 0) is 55.3 Å². The molecule has 0 heterocycles.